The van der Waals surface area contributed by atoms with E-state index in [4.69, 9.17) is 11.6 Å². The van der Waals surface area contributed by atoms with E-state index < -0.39 is 27.8 Å². The summed E-state index contributed by atoms with van der Waals surface area (Å²) in [6.45, 7) is 3.41. The molecule has 1 aromatic heterocycles. The minimum Gasteiger partial charge on any atom is -0.350 e. The number of nitrogens with one attached hydrogen (secondary N) is 2. The molecule has 1 heterocycles. The maximum Gasteiger partial charge on any atom is 0.435 e. The fourth-order valence-electron chi connectivity index (χ4n) is 3.39. The van der Waals surface area contributed by atoms with E-state index in [0.29, 0.717) is 16.3 Å². The van der Waals surface area contributed by atoms with Gasteiger partial charge in [0.25, 0.3) is 0 Å². The zero-order valence-corrected chi connectivity index (χ0v) is 20.7. The number of rotatable bonds is 8. The van der Waals surface area contributed by atoms with Crippen LogP contribution < -0.4 is 10.0 Å². The highest BCUT2D eigenvalue weighted by molar-refractivity contribution is 7.88. The lowest BCUT2D eigenvalue weighted by molar-refractivity contribution is -0.141. The van der Waals surface area contributed by atoms with E-state index in [1.54, 1.807) is 50.2 Å². The molecule has 3 aromatic rings. The number of hydrogen-bond donors (Lipinski definition) is 2. The lowest BCUT2D eigenvalue weighted by atomic mass is 9.96. The lowest BCUT2D eigenvalue weighted by Gasteiger charge is -2.15. The summed E-state index contributed by atoms with van der Waals surface area (Å²) in [5, 5.41) is 6.67. The van der Waals surface area contributed by atoms with E-state index in [1.165, 1.54) is 6.07 Å². The van der Waals surface area contributed by atoms with Crippen molar-refractivity contribution in [2.75, 3.05) is 6.26 Å². The molecule has 2 aromatic carbocycles. The molecule has 0 aliphatic rings. The largest absolute Gasteiger partial charge is 0.435 e. The third-order valence-corrected chi connectivity index (χ3v) is 6.26. The summed E-state index contributed by atoms with van der Waals surface area (Å²) in [5.74, 6) is -0.992. The van der Waals surface area contributed by atoms with Crippen molar-refractivity contribution in [3.63, 3.8) is 0 Å². The average molecular weight is 529 g/mol. The van der Waals surface area contributed by atoms with Gasteiger partial charge in [-0.05, 0) is 54.8 Å². The Morgan fingerprint density at radius 2 is 1.86 bits per heavy atom. The van der Waals surface area contributed by atoms with Crippen LogP contribution in [0, 0.1) is 6.92 Å². The first-order chi connectivity index (χ1) is 16.2. The molecule has 0 saturated carbocycles. The molecule has 1 unspecified atom stereocenters. The van der Waals surface area contributed by atoms with Gasteiger partial charge >= 0.3 is 6.18 Å². The number of carbonyl (C=O) groups excluding carboxylic acids is 1. The van der Waals surface area contributed by atoms with Crippen LogP contribution in [0.3, 0.4) is 0 Å². The van der Waals surface area contributed by atoms with E-state index in [2.05, 4.69) is 15.1 Å². The second-order valence-corrected chi connectivity index (χ2v) is 10.4. The molecule has 1 amide bonds. The molecule has 188 valence electrons. The number of hydrogen-bond acceptors (Lipinski definition) is 4. The van der Waals surface area contributed by atoms with Gasteiger partial charge in [0.2, 0.25) is 15.9 Å². The Morgan fingerprint density at radius 3 is 2.46 bits per heavy atom. The molecular weight excluding hydrogens is 505 g/mol. The van der Waals surface area contributed by atoms with Crippen molar-refractivity contribution in [1.82, 2.24) is 19.8 Å². The van der Waals surface area contributed by atoms with Gasteiger partial charge in [-0.15, -0.1) is 0 Å². The monoisotopic (exact) mass is 528 g/mol. The van der Waals surface area contributed by atoms with Crippen LogP contribution in [0.15, 0.2) is 48.5 Å². The minimum atomic E-state index is -4.65. The first-order valence-electron chi connectivity index (χ1n) is 10.5. The number of aryl methyl sites for hydroxylation is 1. The highest BCUT2D eigenvalue weighted by Crippen LogP contribution is 2.30. The summed E-state index contributed by atoms with van der Waals surface area (Å²) in [7, 11) is -3.35. The standard InChI is InChI=1S/C23H24ClF3N4O3S/c1-14-9-16(7-8-17(14)12-29-35(3,33)34)15(2)22(32)28-13-20-11-21(23(25,26)27)30-31(20)19-6-4-5-18(24)10-19/h4-11,15,29H,12-13H2,1-3H3,(H,28,32). The van der Waals surface area contributed by atoms with Crippen molar-refractivity contribution >= 4 is 27.5 Å². The van der Waals surface area contributed by atoms with Crippen LogP contribution in [0.4, 0.5) is 13.2 Å². The zero-order chi connectivity index (χ0) is 26.0. The fraction of sp³-hybridized carbons (Fsp3) is 0.304. The van der Waals surface area contributed by atoms with Gasteiger partial charge in [-0.3, -0.25) is 4.79 Å². The molecule has 0 aliphatic heterocycles. The van der Waals surface area contributed by atoms with Crippen molar-refractivity contribution in [3.05, 3.63) is 81.6 Å². The average Bonchev–Trinajstić information content (AvgIpc) is 3.20. The fourth-order valence-corrected chi connectivity index (χ4v) is 4.00. The van der Waals surface area contributed by atoms with Crippen LogP contribution >= 0.6 is 11.6 Å². The summed E-state index contributed by atoms with van der Waals surface area (Å²) in [5.41, 5.74) is 1.63. The highest BCUT2D eigenvalue weighted by atomic mass is 35.5. The quantitative estimate of drug-likeness (QED) is 0.455. The Kier molecular flexibility index (Phi) is 7.93. The van der Waals surface area contributed by atoms with E-state index in [9.17, 15) is 26.4 Å². The van der Waals surface area contributed by atoms with E-state index >= 15 is 0 Å². The summed E-state index contributed by atoms with van der Waals surface area (Å²) in [6.07, 6.45) is -3.58. The highest BCUT2D eigenvalue weighted by Gasteiger charge is 2.35. The molecule has 0 fully saturated rings. The molecule has 0 bridgehead atoms. The second kappa shape index (κ2) is 10.4. The van der Waals surface area contributed by atoms with Crippen molar-refractivity contribution in [2.24, 2.45) is 0 Å². The number of nitrogens with zero attached hydrogens (tertiary/aromatic N) is 2. The number of aromatic nitrogens is 2. The van der Waals surface area contributed by atoms with Crippen molar-refractivity contribution in [3.8, 4) is 5.69 Å². The molecule has 0 aliphatic carbocycles. The van der Waals surface area contributed by atoms with E-state index in [0.717, 1.165) is 28.1 Å². The Hall–Kier alpha value is -2.89. The number of sulfonamides is 1. The van der Waals surface area contributed by atoms with Crippen molar-refractivity contribution in [1.29, 1.82) is 0 Å². The molecule has 0 saturated heterocycles. The van der Waals surface area contributed by atoms with Gasteiger partial charge in [0.05, 0.1) is 30.1 Å². The van der Waals surface area contributed by atoms with Gasteiger partial charge < -0.3 is 5.32 Å². The van der Waals surface area contributed by atoms with Gasteiger partial charge in [-0.2, -0.15) is 18.3 Å². The number of benzene rings is 2. The number of amides is 1. The molecular formula is C23H24ClF3N4O3S. The normalized spacial score (nSPS) is 13.0. The maximum absolute atomic E-state index is 13.3. The van der Waals surface area contributed by atoms with Gasteiger partial charge in [0.1, 0.15) is 0 Å². The first kappa shape index (κ1) is 26.7. The minimum absolute atomic E-state index is 0.126. The summed E-state index contributed by atoms with van der Waals surface area (Å²) >= 11 is 5.98. The first-order valence-corrected chi connectivity index (χ1v) is 12.8. The van der Waals surface area contributed by atoms with Crippen molar-refractivity contribution < 1.29 is 26.4 Å². The van der Waals surface area contributed by atoms with Gasteiger partial charge in [0.15, 0.2) is 5.69 Å². The van der Waals surface area contributed by atoms with Crippen molar-refractivity contribution in [2.45, 2.75) is 39.0 Å². The lowest BCUT2D eigenvalue weighted by Crippen LogP contribution is -2.28. The van der Waals surface area contributed by atoms with Crippen LogP contribution in [0.2, 0.25) is 5.02 Å². The van der Waals surface area contributed by atoms with Crippen LogP contribution in [0.5, 0.6) is 0 Å². The van der Waals surface area contributed by atoms with Gasteiger partial charge in [0, 0.05) is 11.6 Å². The number of alkyl halides is 3. The third kappa shape index (κ3) is 7.06. The smallest absolute Gasteiger partial charge is 0.350 e. The second-order valence-electron chi connectivity index (χ2n) is 8.13. The van der Waals surface area contributed by atoms with Gasteiger partial charge in [-0.25, -0.2) is 17.8 Å². The molecule has 1 atom stereocenters. The molecule has 12 heteroatoms. The van der Waals surface area contributed by atoms with Crippen LogP contribution in [0.1, 0.15) is 40.9 Å². The molecule has 3 rings (SSSR count). The third-order valence-electron chi connectivity index (χ3n) is 5.35. The van der Waals surface area contributed by atoms with Gasteiger partial charge in [-0.1, -0.05) is 35.9 Å². The topological polar surface area (TPSA) is 93.1 Å². The summed E-state index contributed by atoms with van der Waals surface area (Å²) < 4.78 is 66.0. The molecule has 0 radical (unpaired) electrons. The molecule has 35 heavy (non-hydrogen) atoms. The Labute approximate surface area is 206 Å². The Morgan fingerprint density at radius 1 is 1.14 bits per heavy atom. The predicted octanol–water partition coefficient (Wildman–Crippen LogP) is 4.32. The van der Waals surface area contributed by atoms with Crippen LogP contribution in [-0.4, -0.2) is 30.4 Å². The molecule has 0 spiro atoms. The SMILES string of the molecule is Cc1cc(C(C)C(=O)NCc2cc(C(F)(F)F)nn2-c2cccc(Cl)c2)ccc1CNS(C)(=O)=O. The molecule has 2 N–H and O–H groups in total. The predicted molar refractivity (Wildman–Crippen MR) is 127 cm³/mol. The number of carbonyl (C=O) groups is 1. The van der Waals surface area contributed by atoms with E-state index in [1.807, 2.05) is 0 Å². The summed E-state index contributed by atoms with van der Waals surface area (Å²) in [6, 6.07) is 12.3. The molecule has 7 nitrogen and oxygen atoms in total. The maximum atomic E-state index is 13.3. The summed E-state index contributed by atoms with van der Waals surface area (Å²) in [4.78, 5) is 12.8. The Bertz CT molecular complexity index is 1340. The number of halogens is 4. The zero-order valence-electron chi connectivity index (χ0n) is 19.1. The Balaban J connectivity index is 1.76. The van der Waals surface area contributed by atoms with Crippen LogP contribution in [0.25, 0.3) is 5.69 Å². The van der Waals surface area contributed by atoms with Crippen LogP contribution in [-0.2, 0) is 34.1 Å². The van der Waals surface area contributed by atoms with E-state index in [-0.39, 0.29) is 24.7 Å².